The first-order valence-electron chi connectivity index (χ1n) is 3.72. The number of nitriles is 2. The Hall–Kier alpha value is -1.11. The molecule has 72 valence electrons. The number of hydrogen-bond acceptors (Lipinski definition) is 5. The van der Waals surface area contributed by atoms with Crippen LogP contribution in [0.4, 0.5) is 0 Å². The smallest absolute Gasteiger partial charge is 0.263 e. The zero-order chi connectivity index (χ0) is 10.7. The number of amides is 1. The van der Waals surface area contributed by atoms with Crippen LogP contribution >= 0.6 is 24.4 Å². The van der Waals surface area contributed by atoms with Gasteiger partial charge in [0.05, 0.1) is 11.4 Å². The van der Waals surface area contributed by atoms with Gasteiger partial charge in [-0.1, -0.05) is 0 Å². The van der Waals surface area contributed by atoms with Crippen LogP contribution in [-0.4, -0.2) is 17.5 Å². The van der Waals surface area contributed by atoms with Crippen LogP contribution in [0.1, 0.15) is 0 Å². The summed E-state index contributed by atoms with van der Waals surface area (Å²) < 4.78 is 0. The molecule has 0 saturated carbocycles. The normalized spacial score (nSPS) is 26.4. The van der Waals surface area contributed by atoms with Gasteiger partial charge in [-0.05, 0) is 6.26 Å². The number of nitrogens with zero attached hydrogens (tertiary/aromatic N) is 2. The van der Waals surface area contributed by atoms with E-state index in [1.165, 1.54) is 11.8 Å². The zero-order valence-electron chi connectivity index (χ0n) is 7.31. The van der Waals surface area contributed by atoms with Crippen LogP contribution in [0.5, 0.6) is 0 Å². The van der Waals surface area contributed by atoms with Gasteiger partial charge in [0.25, 0.3) is 5.91 Å². The number of rotatable bonds is 1. The average Bonchev–Trinajstić information content (AvgIpc) is 2.16. The molecular formula is C8H7N3OS2. The molecule has 14 heavy (non-hydrogen) atoms. The van der Waals surface area contributed by atoms with E-state index in [0.29, 0.717) is 4.91 Å². The van der Waals surface area contributed by atoms with Crippen molar-refractivity contribution in [3.8, 4) is 12.1 Å². The molecule has 4 nitrogen and oxygen atoms in total. The summed E-state index contributed by atoms with van der Waals surface area (Å²) >= 11 is 5.32. The van der Waals surface area contributed by atoms with Crippen molar-refractivity contribution in [2.45, 2.75) is 5.37 Å². The van der Waals surface area contributed by atoms with Crippen LogP contribution in [-0.2, 0) is 4.79 Å². The third-order valence-electron chi connectivity index (χ3n) is 1.82. The van der Waals surface area contributed by atoms with E-state index in [-0.39, 0.29) is 5.57 Å². The summed E-state index contributed by atoms with van der Waals surface area (Å²) in [5.74, 6) is -0.996. The molecule has 1 aliphatic rings. The number of carbonyl (C=O) groups is 1. The van der Waals surface area contributed by atoms with Crippen LogP contribution in [0, 0.1) is 28.6 Å². The van der Waals surface area contributed by atoms with Crippen molar-refractivity contribution < 1.29 is 4.79 Å². The zero-order valence-corrected chi connectivity index (χ0v) is 9.02. The van der Waals surface area contributed by atoms with Gasteiger partial charge >= 0.3 is 0 Å². The van der Waals surface area contributed by atoms with Crippen molar-refractivity contribution in [3.05, 3.63) is 10.5 Å². The Morgan fingerprint density at radius 2 is 2.21 bits per heavy atom. The number of nitrogens with one attached hydrogen (secondary N) is 1. The maximum absolute atomic E-state index is 11.3. The highest BCUT2D eigenvalue weighted by molar-refractivity contribution is 8.02. The highest BCUT2D eigenvalue weighted by Crippen LogP contribution is 2.32. The fourth-order valence-electron chi connectivity index (χ4n) is 1.16. The largest absolute Gasteiger partial charge is 0.338 e. The van der Waals surface area contributed by atoms with Crippen LogP contribution in [0.2, 0.25) is 0 Å². The fourth-order valence-corrected chi connectivity index (χ4v) is 2.38. The first-order chi connectivity index (χ1) is 6.65. The van der Waals surface area contributed by atoms with Gasteiger partial charge in [0.15, 0.2) is 0 Å². The lowest BCUT2D eigenvalue weighted by atomic mass is 10.0. The minimum atomic E-state index is -0.541. The predicted octanol–water partition coefficient (Wildman–Crippen LogP) is 0.653. The van der Waals surface area contributed by atoms with Crippen LogP contribution in [0.3, 0.4) is 0 Å². The average molecular weight is 225 g/mol. The van der Waals surface area contributed by atoms with Crippen LogP contribution in [0.15, 0.2) is 10.5 Å². The molecular weight excluding hydrogens is 218 g/mol. The summed E-state index contributed by atoms with van der Waals surface area (Å²) in [6.07, 6.45) is 1.73. The van der Waals surface area contributed by atoms with Crippen molar-refractivity contribution in [2.75, 3.05) is 6.26 Å². The molecule has 0 spiro atoms. The van der Waals surface area contributed by atoms with Crippen LogP contribution < -0.4 is 5.32 Å². The molecule has 0 aromatic heterocycles. The van der Waals surface area contributed by atoms with E-state index in [2.05, 4.69) is 17.9 Å². The van der Waals surface area contributed by atoms with E-state index in [4.69, 9.17) is 10.5 Å². The van der Waals surface area contributed by atoms with E-state index in [0.717, 1.165) is 0 Å². The second-order valence-corrected chi connectivity index (χ2v) is 3.98. The van der Waals surface area contributed by atoms with Gasteiger partial charge in [0.1, 0.15) is 17.6 Å². The predicted molar refractivity (Wildman–Crippen MR) is 56.2 cm³/mol. The molecule has 2 atom stereocenters. The summed E-state index contributed by atoms with van der Waals surface area (Å²) in [5.41, 5.74) is 0.0225. The molecule has 1 amide bonds. The van der Waals surface area contributed by atoms with Gasteiger partial charge in [-0.25, -0.2) is 0 Å². The Morgan fingerprint density at radius 3 is 2.64 bits per heavy atom. The summed E-state index contributed by atoms with van der Waals surface area (Å²) in [5, 5.41) is 19.5. The standard InChI is InChI=1S/C8H7N3OS2/c1-14-6-4(2-9)7(12)11-8(13)5(6)3-10/h5,8,13H,1H3,(H,11,12). The molecule has 6 heteroatoms. The SMILES string of the molecule is CSC1=C(C#N)C(=O)NC(S)C1C#N. The summed E-state index contributed by atoms with van der Waals surface area (Å²) in [4.78, 5) is 11.8. The van der Waals surface area contributed by atoms with Gasteiger partial charge in [0, 0.05) is 4.91 Å². The Morgan fingerprint density at radius 1 is 1.57 bits per heavy atom. The van der Waals surface area contributed by atoms with Gasteiger partial charge < -0.3 is 5.32 Å². The molecule has 0 radical (unpaired) electrons. The van der Waals surface area contributed by atoms with Crippen molar-refractivity contribution in [1.29, 1.82) is 10.5 Å². The van der Waals surface area contributed by atoms with E-state index in [1.807, 2.05) is 6.07 Å². The van der Waals surface area contributed by atoms with Gasteiger partial charge in [0.2, 0.25) is 0 Å². The second-order valence-electron chi connectivity index (χ2n) is 2.58. The van der Waals surface area contributed by atoms with E-state index >= 15 is 0 Å². The van der Waals surface area contributed by atoms with Crippen molar-refractivity contribution in [2.24, 2.45) is 5.92 Å². The summed E-state index contributed by atoms with van der Waals surface area (Å²) in [6.45, 7) is 0. The number of hydrogen-bond donors (Lipinski definition) is 2. The van der Waals surface area contributed by atoms with Crippen LogP contribution in [0.25, 0.3) is 0 Å². The minimum Gasteiger partial charge on any atom is -0.338 e. The lowest BCUT2D eigenvalue weighted by Crippen LogP contribution is -2.42. The minimum absolute atomic E-state index is 0.0225. The maximum Gasteiger partial charge on any atom is 0.263 e. The Labute approximate surface area is 91.4 Å². The van der Waals surface area contributed by atoms with Gasteiger partial charge in [-0.3, -0.25) is 4.79 Å². The third kappa shape index (κ3) is 1.72. The molecule has 0 bridgehead atoms. The fraction of sp³-hybridized carbons (Fsp3) is 0.375. The van der Waals surface area contributed by atoms with E-state index in [9.17, 15) is 4.79 Å². The molecule has 1 aliphatic heterocycles. The second kappa shape index (κ2) is 4.41. The number of thioether (sulfide) groups is 1. The van der Waals surface area contributed by atoms with Crippen molar-refractivity contribution in [3.63, 3.8) is 0 Å². The monoisotopic (exact) mass is 225 g/mol. The summed E-state index contributed by atoms with van der Waals surface area (Å²) in [6, 6.07) is 3.82. The molecule has 2 unspecified atom stereocenters. The molecule has 1 heterocycles. The molecule has 1 N–H and O–H groups in total. The van der Waals surface area contributed by atoms with Crippen molar-refractivity contribution in [1.82, 2.24) is 5.32 Å². The Kier molecular flexibility index (Phi) is 3.45. The molecule has 0 saturated heterocycles. The molecule has 0 fully saturated rings. The summed E-state index contributed by atoms with van der Waals surface area (Å²) in [7, 11) is 0. The lowest BCUT2D eigenvalue weighted by Gasteiger charge is -2.25. The number of carbonyl (C=O) groups excluding carboxylic acids is 1. The quantitative estimate of drug-likeness (QED) is 0.642. The van der Waals surface area contributed by atoms with Gasteiger partial charge in [-0.2, -0.15) is 23.2 Å². The van der Waals surface area contributed by atoms with E-state index < -0.39 is 17.2 Å². The molecule has 0 aromatic carbocycles. The third-order valence-corrected chi connectivity index (χ3v) is 3.15. The van der Waals surface area contributed by atoms with Crippen molar-refractivity contribution >= 4 is 30.3 Å². The molecule has 0 aromatic rings. The van der Waals surface area contributed by atoms with Gasteiger partial charge in [-0.15, -0.1) is 11.8 Å². The van der Waals surface area contributed by atoms with E-state index in [1.54, 1.807) is 12.3 Å². The highest BCUT2D eigenvalue weighted by atomic mass is 32.2. The molecule has 0 aliphatic carbocycles. The number of thiol groups is 1. The molecule has 1 rings (SSSR count). The first-order valence-corrected chi connectivity index (χ1v) is 5.46. The topological polar surface area (TPSA) is 76.7 Å². The first kappa shape index (κ1) is 11.0. The Bertz CT molecular complexity index is 377. The Balaban J connectivity index is 3.24. The maximum atomic E-state index is 11.3. The highest BCUT2D eigenvalue weighted by Gasteiger charge is 2.33. The lowest BCUT2D eigenvalue weighted by molar-refractivity contribution is -0.117.